The molecule has 0 aliphatic carbocycles. The van der Waals surface area contributed by atoms with Crippen molar-refractivity contribution in [2.24, 2.45) is 0 Å². The van der Waals surface area contributed by atoms with E-state index in [0.29, 0.717) is 5.15 Å². The van der Waals surface area contributed by atoms with Crippen LogP contribution in [-0.2, 0) is 6.54 Å². The van der Waals surface area contributed by atoms with Crippen LogP contribution < -0.4 is 4.68 Å². The van der Waals surface area contributed by atoms with Crippen molar-refractivity contribution in [2.45, 2.75) is 19.9 Å². The van der Waals surface area contributed by atoms with Crippen LogP contribution in [0.25, 0.3) is 11.0 Å². The van der Waals surface area contributed by atoms with Gasteiger partial charge in [-0.3, -0.25) is 0 Å². The Morgan fingerprint density at radius 1 is 1.54 bits per heavy atom. The SMILES string of the molecule is CCC[n+]1[nH]cc2c(Cl)ncnc21. The molecule has 2 aromatic rings. The predicted molar refractivity (Wildman–Crippen MR) is 49.4 cm³/mol. The molecule has 0 saturated heterocycles. The largest absolute Gasteiger partial charge is 0.355 e. The van der Waals surface area contributed by atoms with E-state index in [9.17, 15) is 0 Å². The van der Waals surface area contributed by atoms with Crippen LogP contribution in [0, 0.1) is 0 Å². The van der Waals surface area contributed by atoms with Crippen molar-refractivity contribution >= 4 is 22.6 Å². The Hall–Kier alpha value is -1.16. The van der Waals surface area contributed by atoms with Crippen LogP contribution in [0.4, 0.5) is 0 Å². The summed E-state index contributed by atoms with van der Waals surface area (Å²) in [6, 6.07) is 0. The standard InChI is InChI=1S/C8H9ClN4/c1-2-3-13-8-6(4-12-13)7(9)10-5-11-8/h4-5H,2-3H2,1H3/p+1. The zero-order valence-corrected chi connectivity index (χ0v) is 8.04. The molecule has 1 N–H and O–H groups in total. The normalized spacial score (nSPS) is 10.9. The number of aromatic amines is 1. The predicted octanol–water partition coefficient (Wildman–Crippen LogP) is 1.31. The van der Waals surface area contributed by atoms with Gasteiger partial charge in [-0.15, -0.1) is 0 Å². The van der Waals surface area contributed by atoms with Gasteiger partial charge < -0.3 is 0 Å². The maximum Gasteiger partial charge on any atom is 0.355 e. The molecule has 0 radical (unpaired) electrons. The lowest BCUT2D eigenvalue weighted by atomic mass is 10.4. The third-order valence-corrected chi connectivity index (χ3v) is 2.18. The van der Waals surface area contributed by atoms with E-state index in [1.165, 1.54) is 6.33 Å². The summed E-state index contributed by atoms with van der Waals surface area (Å²) in [5.41, 5.74) is 0.863. The molecule has 0 amide bonds. The van der Waals surface area contributed by atoms with Gasteiger partial charge >= 0.3 is 5.65 Å². The quantitative estimate of drug-likeness (QED) is 0.583. The van der Waals surface area contributed by atoms with Crippen molar-refractivity contribution in [2.75, 3.05) is 0 Å². The van der Waals surface area contributed by atoms with Gasteiger partial charge in [0, 0.05) is 0 Å². The van der Waals surface area contributed by atoms with E-state index in [0.717, 1.165) is 24.0 Å². The van der Waals surface area contributed by atoms with Gasteiger partial charge in [0.05, 0.1) is 6.20 Å². The zero-order valence-electron chi connectivity index (χ0n) is 7.29. The number of fused-ring (bicyclic) bond motifs is 1. The number of halogens is 1. The monoisotopic (exact) mass is 197 g/mol. The van der Waals surface area contributed by atoms with Gasteiger partial charge in [0.25, 0.3) is 0 Å². The first kappa shape index (κ1) is 8.44. The van der Waals surface area contributed by atoms with Crippen LogP contribution in [0.3, 0.4) is 0 Å². The van der Waals surface area contributed by atoms with Crippen LogP contribution in [0.1, 0.15) is 13.3 Å². The molecular formula is C8H10ClN4+. The average molecular weight is 198 g/mol. The van der Waals surface area contributed by atoms with Gasteiger partial charge in [0.15, 0.2) is 0 Å². The molecule has 2 aromatic heterocycles. The molecule has 0 spiro atoms. The third kappa shape index (κ3) is 1.37. The van der Waals surface area contributed by atoms with Crippen molar-refractivity contribution in [1.29, 1.82) is 0 Å². The molecule has 2 heterocycles. The highest BCUT2D eigenvalue weighted by atomic mass is 35.5. The second-order valence-electron chi connectivity index (χ2n) is 2.83. The second kappa shape index (κ2) is 3.30. The first-order valence-corrected chi connectivity index (χ1v) is 4.58. The molecule has 68 valence electrons. The number of H-pyrrole nitrogens is 1. The van der Waals surface area contributed by atoms with Crippen LogP contribution >= 0.6 is 11.6 Å². The molecule has 0 unspecified atom stereocenters. The Morgan fingerprint density at radius 2 is 2.38 bits per heavy atom. The Labute approximate surface area is 80.6 Å². The molecule has 0 aliphatic heterocycles. The minimum atomic E-state index is 0.496. The minimum absolute atomic E-state index is 0.496. The van der Waals surface area contributed by atoms with Crippen molar-refractivity contribution in [3.8, 4) is 0 Å². The number of hydrogen-bond acceptors (Lipinski definition) is 2. The Kier molecular flexibility index (Phi) is 2.14. The van der Waals surface area contributed by atoms with Crippen molar-refractivity contribution in [3.05, 3.63) is 17.7 Å². The summed E-state index contributed by atoms with van der Waals surface area (Å²) >= 11 is 5.89. The zero-order chi connectivity index (χ0) is 9.26. The van der Waals surface area contributed by atoms with Crippen LogP contribution in [0.15, 0.2) is 12.5 Å². The lowest BCUT2D eigenvalue weighted by Crippen LogP contribution is -2.36. The van der Waals surface area contributed by atoms with Crippen LogP contribution in [-0.4, -0.2) is 15.1 Å². The molecule has 13 heavy (non-hydrogen) atoms. The topological polar surface area (TPSA) is 45.5 Å². The second-order valence-corrected chi connectivity index (χ2v) is 3.18. The third-order valence-electron chi connectivity index (χ3n) is 1.88. The molecule has 0 saturated carbocycles. The molecule has 0 bridgehead atoms. The van der Waals surface area contributed by atoms with Gasteiger partial charge in [0.1, 0.15) is 17.1 Å². The summed E-state index contributed by atoms with van der Waals surface area (Å²) < 4.78 is 1.96. The van der Waals surface area contributed by atoms with Crippen molar-refractivity contribution in [1.82, 2.24) is 15.1 Å². The van der Waals surface area contributed by atoms with E-state index in [-0.39, 0.29) is 0 Å². The number of aryl methyl sites for hydroxylation is 1. The lowest BCUT2D eigenvalue weighted by Gasteiger charge is -1.90. The van der Waals surface area contributed by atoms with E-state index in [2.05, 4.69) is 22.0 Å². The number of hydrogen-bond donors (Lipinski definition) is 1. The molecule has 0 fully saturated rings. The fourth-order valence-corrected chi connectivity index (χ4v) is 1.49. The summed E-state index contributed by atoms with van der Waals surface area (Å²) in [5, 5.41) is 4.45. The summed E-state index contributed by atoms with van der Waals surface area (Å²) in [5.74, 6) is 0. The van der Waals surface area contributed by atoms with E-state index >= 15 is 0 Å². The van der Waals surface area contributed by atoms with Gasteiger partial charge in [-0.25, -0.2) is 5.10 Å². The number of aromatic nitrogens is 4. The summed E-state index contributed by atoms with van der Waals surface area (Å²) in [6.45, 7) is 3.03. The molecule has 0 aliphatic rings. The smallest absolute Gasteiger partial charge is 0.235 e. The molecule has 0 atom stereocenters. The Balaban J connectivity index is 2.61. The maximum atomic E-state index is 5.89. The highest BCUT2D eigenvalue weighted by Gasteiger charge is 2.14. The summed E-state index contributed by atoms with van der Waals surface area (Å²) in [4.78, 5) is 8.06. The van der Waals surface area contributed by atoms with Crippen LogP contribution in [0.2, 0.25) is 5.15 Å². The minimum Gasteiger partial charge on any atom is -0.235 e. The molecule has 2 rings (SSSR count). The van der Waals surface area contributed by atoms with E-state index in [1.807, 2.05) is 10.9 Å². The number of nitrogens with one attached hydrogen (secondary N) is 1. The highest BCUT2D eigenvalue weighted by molar-refractivity contribution is 6.33. The number of nitrogens with zero attached hydrogens (tertiary/aromatic N) is 3. The van der Waals surface area contributed by atoms with E-state index in [4.69, 9.17) is 11.6 Å². The van der Waals surface area contributed by atoms with Crippen molar-refractivity contribution in [3.63, 3.8) is 0 Å². The first-order chi connectivity index (χ1) is 6.33. The lowest BCUT2D eigenvalue weighted by molar-refractivity contribution is -0.728. The fraction of sp³-hybridized carbons (Fsp3) is 0.375. The summed E-state index contributed by atoms with van der Waals surface area (Å²) in [7, 11) is 0. The Morgan fingerprint density at radius 3 is 3.15 bits per heavy atom. The molecular weight excluding hydrogens is 188 g/mol. The molecule has 5 heteroatoms. The average Bonchev–Trinajstić information content (AvgIpc) is 2.51. The fourth-order valence-electron chi connectivity index (χ4n) is 1.30. The van der Waals surface area contributed by atoms with E-state index < -0.39 is 0 Å². The summed E-state index contributed by atoms with van der Waals surface area (Å²) in [6.07, 6.45) is 4.36. The maximum absolute atomic E-state index is 5.89. The molecule has 0 aromatic carbocycles. The first-order valence-electron chi connectivity index (χ1n) is 4.20. The molecule has 4 nitrogen and oxygen atoms in total. The van der Waals surface area contributed by atoms with E-state index in [1.54, 1.807) is 0 Å². The number of rotatable bonds is 2. The van der Waals surface area contributed by atoms with Gasteiger partial charge in [-0.1, -0.05) is 18.5 Å². The van der Waals surface area contributed by atoms with Gasteiger partial charge in [-0.2, -0.15) is 9.67 Å². The highest BCUT2D eigenvalue weighted by Crippen LogP contribution is 2.14. The van der Waals surface area contributed by atoms with Crippen molar-refractivity contribution < 1.29 is 4.68 Å². The van der Waals surface area contributed by atoms with Crippen LogP contribution in [0.5, 0.6) is 0 Å². The van der Waals surface area contributed by atoms with Gasteiger partial charge in [0.2, 0.25) is 6.33 Å². The van der Waals surface area contributed by atoms with Gasteiger partial charge in [-0.05, 0) is 11.4 Å². The Bertz CT molecular complexity index is 423.